The van der Waals surface area contributed by atoms with Crippen molar-refractivity contribution in [2.75, 3.05) is 25.6 Å². The number of phenols is 2. The zero-order valence-electron chi connectivity index (χ0n) is 31.5. The van der Waals surface area contributed by atoms with Crippen molar-refractivity contribution >= 4 is 22.8 Å². The number of nitrogens with one attached hydrogen (secondary N) is 3. The van der Waals surface area contributed by atoms with Crippen molar-refractivity contribution in [3.05, 3.63) is 106 Å². The zero-order valence-corrected chi connectivity index (χ0v) is 31.5. The highest BCUT2D eigenvalue weighted by molar-refractivity contribution is 5.89. The number of rotatable bonds is 13. The molecule has 19 heteroatoms. The Balaban J connectivity index is 1.15. The highest BCUT2D eigenvalue weighted by Crippen LogP contribution is 2.50. The lowest BCUT2D eigenvalue weighted by Crippen LogP contribution is -2.79. The molecule has 2 aliphatic heterocycles. The number of phenolic OH excluding ortho intramolecular Hbond substituents is 2. The van der Waals surface area contributed by atoms with Gasteiger partial charge in [-0.1, -0.05) is 18.2 Å². The van der Waals surface area contributed by atoms with Gasteiger partial charge in [-0.25, -0.2) is 4.79 Å². The molecule has 0 saturated carbocycles. The molecule has 13 N–H and O–H groups in total. The number of H-pyrrole nitrogens is 1. The Kier molecular flexibility index (Phi) is 10.7. The van der Waals surface area contributed by atoms with Crippen LogP contribution in [0.4, 0.5) is 5.82 Å². The molecule has 0 radical (unpaired) electrons. The highest BCUT2D eigenvalue weighted by atomic mass is 16.7. The molecule has 2 aromatic heterocycles. The van der Waals surface area contributed by atoms with E-state index in [0.717, 1.165) is 18.2 Å². The Bertz CT molecular complexity index is 2480. The van der Waals surface area contributed by atoms with Crippen LogP contribution >= 0.6 is 0 Å². The summed E-state index contributed by atoms with van der Waals surface area (Å²) in [6, 6.07) is 16.9. The van der Waals surface area contributed by atoms with Gasteiger partial charge in [0, 0.05) is 48.6 Å². The second kappa shape index (κ2) is 15.8. The molecule has 9 atom stereocenters. The number of nitrogen functional groups attached to an aromatic ring is 1. The Morgan fingerprint density at radius 1 is 1.05 bits per heavy atom. The molecule has 3 aromatic carbocycles. The summed E-state index contributed by atoms with van der Waals surface area (Å²) < 4.78 is 29.7. The lowest BCUT2D eigenvalue weighted by molar-refractivity contribution is -0.342. The number of aliphatic carboxylic acids is 1. The van der Waals surface area contributed by atoms with Crippen LogP contribution in [0.15, 0.2) is 94.2 Å². The highest BCUT2D eigenvalue weighted by Gasteiger charge is 2.70. The van der Waals surface area contributed by atoms with Crippen molar-refractivity contribution in [3.63, 3.8) is 0 Å². The number of aromatic hydroxyl groups is 2. The summed E-state index contributed by atoms with van der Waals surface area (Å²) in [4.78, 5) is 29.2. The van der Waals surface area contributed by atoms with Gasteiger partial charge in [-0.3, -0.25) is 10.1 Å². The van der Waals surface area contributed by atoms with Crippen LogP contribution in [0.3, 0.4) is 0 Å². The maximum atomic E-state index is 13.7. The number of ether oxygens (including phenoxy) is 4. The van der Waals surface area contributed by atoms with E-state index in [9.17, 15) is 50.4 Å². The molecule has 0 spiro atoms. The number of anilines is 1. The van der Waals surface area contributed by atoms with Crippen molar-refractivity contribution in [2.45, 2.75) is 54.6 Å². The molecule has 8 rings (SSSR count). The van der Waals surface area contributed by atoms with E-state index in [0.29, 0.717) is 35.9 Å². The van der Waals surface area contributed by atoms with Gasteiger partial charge in [0.25, 0.3) is 0 Å². The fourth-order valence-electron chi connectivity index (χ4n) is 7.94. The van der Waals surface area contributed by atoms with Crippen molar-refractivity contribution < 1.29 is 69.0 Å². The molecular formula is C41H42N4O15. The van der Waals surface area contributed by atoms with Crippen LogP contribution in [0.5, 0.6) is 28.7 Å². The quantitative estimate of drug-likeness (QED) is 0.0721. The minimum absolute atomic E-state index is 0.00803. The summed E-state index contributed by atoms with van der Waals surface area (Å²) in [5.41, 5.74) is 0.748. The van der Waals surface area contributed by atoms with Crippen LogP contribution in [0.2, 0.25) is 0 Å². The first-order chi connectivity index (χ1) is 28.7. The minimum atomic E-state index is -2.57. The molecule has 2 bridgehead atoms. The van der Waals surface area contributed by atoms with Crippen LogP contribution in [0.25, 0.3) is 22.3 Å². The number of aliphatic hydroxyl groups excluding tert-OH is 3. The van der Waals surface area contributed by atoms with Crippen LogP contribution < -0.4 is 36.0 Å². The molecule has 2 saturated heterocycles. The normalized spacial score (nSPS) is 27.1. The zero-order chi connectivity index (χ0) is 42.5. The molecule has 5 aromatic rings. The Morgan fingerprint density at radius 3 is 2.50 bits per heavy atom. The van der Waals surface area contributed by atoms with E-state index in [1.54, 1.807) is 24.3 Å². The van der Waals surface area contributed by atoms with Gasteiger partial charge < -0.3 is 80.3 Å². The van der Waals surface area contributed by atoms with Gasteiger partial charge in [0.1, 0.15) is 58.5 Å². The SMILES string of the molecule is Nc1ccc([C@@H](O)[C@H](CO)Oc2ccc(-c3cc(=O)c4c(O)c(OCc5cccc(O)c5)c(O[C@@H]5O[C@H](C(=O)O)[C@]6(O)[C@@H]([C@H]7CNCN7)C=C[C@@]5(O)[C@@H]6O)cc4o3)cc2)[nH]1. The third-order valence-corrected chi connectivity index (χ3v) is 11.0. The third-order valence-electron chi connectivity index (χ3n) is 11.0. The fraction of sp³-hybridized carbons (Fsp3) is 0.317. The molecule has 0 unspecified atom stereocenters. The molecule has 4 heterocycles. The fourth-order valence-corrected chi connectivity index (χ4v) is 7.94. The van der Waals surface area contributed by atoms with Crippen LogP contribution in [0, 0.1) is 5.92 Å². The Morgan fingerprint density at radius 2 is 1.83 bits per heavy atom. The standard InChI is InChI=1S/C41H42N4O15/c42-31-9-8-24(45-31)33(49)30(16-46)57-22-6-4-20(5-7-22)27-13-26(48)32-28(58-27)14-29(35(34(32)50)56-17-19-2-1-3-21(47)12-19)59-39-40(54)11-10-23(25-15-43-18-44-25)41(55,38(40)53)36(60-39)37(51)52/h1-14,23,25,30,33,36,38-39,43-47,49-50,53-55H,15-18,42H2,(H,51,52)/t23-,25-,30+,33-,36-,38+,39-,40-,41-/m1/s1. The topological polar surface area (TPSA) is 312 Å². The van der Waals surface area contributed by atoms with E-state index in [1.165, 1.54) is 42.5 Å². The summed E-state index contributed by atoms with van der Waals surface area (Å²) >= 11 is 0. The smallest absolute Gasteiger partial charge is 0.336 e. The molecule has 60 heavy (non-hydrogen) atoms. The first kappa shape index (κ1) is 40.6. The molecular weight excluding hydrogens is 788 g/mol. The van der Waals surface area contributed by atoms with Gasteiger partial charge in [0.2, 0.25) is 12.0 Å². The number of nitrogens with two attached hydrogens (primary N) is 1. The second-order valence-electron chi connectivity index (χ2n) is 14.8. The number of carboxylic acid groups (broad SMARTS) is 1. The van der Waals surface area contributed by atoms with E-state index < -0.39 is 89.1 Å². The van der Waals surface area contributed by atoms with E-state index in [-0.39, 0.29) is 34.8 Å². The van der Waals surface area contributed by atoms with Gasteiger partial charge in [0.15, 0.2) is 34.7 Å². The summed E-state index contributed by atoms with van der Waals surface area (Å²) in [6.07, 6.45) is -6.15. The minimum Gasteiger partial charge on any atom is -0.508 e. The van der Waals surface area contributed by atoms with E-state index in [1.807, 2.05) is 0 Å². The van der Waals surface area contributed by atoms with Crippen molar-refractivity contribution in [1.29, 1.82) is 0 Å². The molecule has 1 aliphatic carbocycles. The maximum Gasteiger partial charge on any atom is 0.336 e. The largest absolute Gasteiger partial charge is 0.508 e. The number of aliphatic hydroxyl groups is 5. The van der Waals surface area contributed by atoms with Gasteiger partial charge in [-0.2, -0.15) is 0 Å². The van der Waals surface area contributed by atoms with Crippen LogP contribution in [-0.2, 0) is 16.1 Å². The molecule has 0 amide bonds. The van der Waals surface area contributed by atoms with Crippen LogP contribution in [-0.4, -0.2) is 113 Å². The van der Waals surface area contributed by atoms with Gasteiger partial charge in [-0.05, 0) is 60.2 Å². The van der Waals surface area contributed by atoms with Crippen molar-refractivity contribution in [1.82, 2.24) is 15.6 Å². The Labute approximate surface area is 339 Å². The number of hydrogen-bond acceptors (Lipinski definition) is 17. The second-order valence-corrected chi connectivity index (χ2v) is 14.8. The number of hydrogen-bond donors (Lipinski definition) is 12. The average Bonchev–Trinajstić information content (AvgIpc) is 3.92. The lowest BCUT2D eigenvalue weighted by atomic mass is 9.63. The number of fused-ring (bicyclic) bond motifs is 3. The van der Waals surface area contributed by atoms with Crippen molar-refractivity contribution in [3.8, 4) is 40.1 Å². The lowest BCUT2D eigenvalue weighted by Gasteiger charge is -2.56. The predicted molar refractivity (Wildman–Crippen MR) is 209 cm³/mol. The summed E-state index contributed by atoms with van der Waals surface area (Å²) in [6.45, 7) is -0.169. The van der Waals surface area contributed by atoms with Gasteiger partial charge in [-0.15, -0.1) is 0 Å². The molecule has 3 aliphatic rings. The van der Waals surface area contributed by atoms with E-state index in [2.05, 4.69) is 15.6 Å². The number of carbonyl (C=O) groups is 1. The van der Waals surface area contributed by atoms with Gasteiger partial charge >= 0.3 is 5.97 Å². The molecule has 19 nitrogen and oxygen atoms in total. The molecule has 2 fully saturated rings. The maximum absolute atomic E-state index is 13.7. The summed E-state index contributed by atoms with van der Waals surface area (Å²) in [7, 11) is 0. The predicted octanol–water partition coefficient (Wildman–Crippen LogP) is 0.550. The average molecular weight is 831 g/mol. The summed E-state index contributed by atoms with van der Waals surface area (Å²) in [5, 5.41) is 93.8. The first-order valence-electron chi connectivity index (χ1n) is 18.8. The van der Waals surface area contributed by atoms with E-state index >= 15 is 0 Å². The van der Waals surface area contributed by atoms with E-state index in [4.69, 9.17) is 29.1 Å². The van der Waals surface area contributed by atoms with Gasteiger partial charge in [0.05, 0.1) is 6.61 Å². The van der Waals surface area contributed by atoms with Crippen LogP contribution in [0.1, 0.15) is 17.4 Å². The monoisotopic (exact) mass is 830 g/mol. The summed E-state index contributed by atoms with van der Waals surface area (Å²) in [5.74, 6) is -3.87. The number of aromatic amines is 1. The number of benzene rings is 3. The number of carboxylic acids is 1. The third kappa shape index (κ3) is 7.16. The first-order valence-corrected chi connectivity index (χ1v) is 18.8. The Hall–Kier alpha value is -6.16. The molecule has 316 valence electrons. The van der Waals surface area contributed by atoms with Crippen molar-refractivity contribution in [2.24, 2.45) is 5.92 Å². The number of aromatic nitrogens is 1.